The minimum atomic E-state index is -0.0672. The standard InChI is InChI=1S/C11H20N2O2/c1-9(7-12)11(14)13-5-3-10(4-6-13)8-15-2/h3,9H,4-8,12H2,1-2H3. The third-order valence-electron chi connectivity index (χ3n) is 2.72. The molecule has 1 rings (SSSR count). The first-order chi connectivity index (χ1) is 7.19. The second-order valence-electron chi connectivity index (χ2n) is 3.97. The molecule has 2 N–H and O–H groups in total. The lowest BCUT2D eigenvalue weighted by Gasteiger charge is -2.28. The highest BCUT2D eigenvalue weighted by atomic mass is 16.5. The number of carbonyl (C=O) groups is 1. The normalized spacial score (nSPS) is 18.6. The highest BCUT2D eigenvalue weighted by Crippen LogP contribution is 2.13. The van der Waals surface area contributed by atoms with Crippen molar-refractivity contribution in [2.75, 3.05) is 33.4 Å². The van der Waals surface area contributed by atoms with Gasteiger partial charge >= 0.3 is 0 Å². The Labute approximate surface area is 91.1 Å². The summed E-state index contributed by atoms with van der Waals surface area (Å²) < 4.78 is 5.05. The molecule has 0 saturated heterocycles. The van der Waals surface area contributed by atoms with Gasteiger partial charge < -0.3 is 15.4 Å². The number of hydrogen-bond donors (Lipinski definition) is 1. The third-order valence-corrected chi connectivity index (χ3v) is 2.72. The monoisotopic (exact) mass is 212 g/mol. The highest BCUT2D eigenvalue weighted by molar-refractivity contribution is 5.79. The van der Waals surface area contributed by atoms with E-state index in [1.54, 1.807) is 7.11 Å². The molecule has 1 aliphatic heterocycles. The summed E-state index contributed by atoms with van der Waals surface area (Å²) in [5.74, 6) is 0.0904. The van der Waals surface area contributed by atoms with Gasteiger partial charge in [-0.2, -0.15) is 0 Å². The molecule has 0 bridgehead atoms. The molecule has 1 unspecified atom stereocenters. The molecule has 86 valence electrons. The lowest BCUT2D eigenvalue weighted by Crippen LogP contribution is -2.40. The van der Waals surface area contributed by atoms with Gasteiger partial charge in [0, 0.05) is 32.7 Å². The van der Waals surface area contributed by atoms with Gasteiger partial charge in [-0.05, 0) is 12.0 Å². The van der Waals surface area contributed by atoms with Crippen molar-refractivity contribution in [3.63, 3.8) is 0 Å². The number of nitrogens with zero attached hydrogens (tertiary/aromatic N) is 1. The minimum Gasteiger partial charge on any atom is -0.380 e. The van der Waals surface area contributed by atoms with Gasteiger partial charge in [0.2, 0.25) is 5.91 Å². The number of hydrogen-bond acceptors (Lipinski definition) is 3. The van der Waals surface area contributed by atoms with E-state index in [0.717, 1.165) is 13.0 Å². The summed E-state index contributed by atoms with van der Waals surface area (Å²) in [5, 5.41) is 0. The second-order valence-corrected chi connectivity index (χ2v) is 3.97. The van der Waals surface area contributed by atoms with Crippen LogP contribution in [0.5, 0.6) is 0 Å². The third kappa shape index (κ3) is 3.32. The van der Waals surface area contributed by atoms with Gasteiger partial charge in [0.1, 0.15) is 0 Å². The van der Waals surface area contributed by atoms with Crippen LogP contribution in [0.25, 0.3) is 0 Å². The van der Waals surface area contributed by atoms with Crippen LogP contribution in [-0.4, -0.2) is 44.2 Å². The van der Waals surface area contributed by atoms with Gasteiger partial charge in [-0.15, -0.1) is 0 Å². The Hall–Kier alpha value is -0.870. The van der Waals surface area contributed by atoms with E-state index in [1.165, 1.54) is 5.57 Å². The molecule has 1 amide bonds. The Morgan fingerprint density at radius 3 is 2.93 bits per heavy atom. The lowest BCUT2D eigenvalue weighted by molar-refractivity contribution is -0.134. The molecule has 15 heavy (non-hydrogen) atoms. The van der Waals surface area contributed by atoms with Gasteiger partial charge in [0.15, 0.2) is 0 Å². The highest BCUT2D eigenvalue weighted by Gasteiger charge is 2.20. The molecule has 0 saturated carbocycles. The van der Waals surface area contributed by atoms with Crippen molar-refractivity contribution in [2.24, 2.45) is 11.7 Å². The largest absolute Gasteiger partial charge is 0.380 e. The topological polar surface area (TPSA) is 55.6 Å². The molecule has 4 heteroatoms. The minimum absolute atomic E-state index is 0.0672. The van der Waals surface area contributed by atoms with Crippen molar-refractivity contribution in [3.05, 3.63) is 11.6 Å². The number of rotatable bonds is 4. The Morgan fingerprint density at radius 2 is 2.47 bits per heavy atom. The van der Waals surface area contributed by atoms with E-state index in [2.05, 4.69) is 6.08 Å². The summed E-state index contributed by atoms with van der Waals surface area (Å²) in [6.45, 7) is 4.45. The molecular formula is C11H20N2O2. The smallest absolute Gasteiger partial charge is 0.226 e. The zero-order valence-corrected chi connectivity index (χ0v) is 9.53. The number of amides is 1. The zero-order chi connectivity index (χ0) is 11.3. The Morgan fingerprint density at radius 1 is 1.73 bits per heavy atom. The first-order valence-corrected chi connectivity index (χ1v) is 5.34. The molecule has 0 spiro atoms. The van der Waals surface area contributed by atoms with Gasteiger partial charge in [-0.25, -0.2) is 0 Å². The maximum absolute atomic E-state index is 11.8. The van der Waals surface area contributed by atoms with Gasteiger partial charge in [0.05, 0.1) is 6.61 Å². The van der Waals surface area contributed by atoms with Crippen LogP contribution >= 0.6 is 0 Å². The van der Waals surface area contributed by atoms with Crippen molar-refractivity contribution < 1.29 is 9.53 Å². The van der Waals surface area contributed by atoms with E-state index in [0.29, 0.717) is 19.7 Å². The molecular weight excluding hydrogens is 192 g/mol. The van der Waals surface area contributed by atoms with Crippen molar-refractivity contribution in [1.82, 2.24) is 4.90 Å². The second kappa shape index (κ2) is 5.88. The van der Waals surface area contributed by atoms with E-state index in [-0.39, 0.29) is 11.8 Å². The summed E-state index contributed by atoms with van der Waals surface area (Å²) in [7, 11) is 1.69. The van der Waals surface area contributed by atoms with Crippen LogP contribution in [0.1, 0.15) is 13.3 Å². The quantitative estimate of drug-likeness (QED) is 0.686. The van der Waals surface area contributed by atoms with Crippen LogP contribution < -0.4 is 5.73 Å². The molecule has 0 fully saturated rings. The number of methoxy groups -OCH3 is 1. The lowest BCUT2D eigenvalue weighted by atomic mass is 10.1. The van der Waals surface area contributed by atoms with Crippen LogP contribution in [0.4, 0.5) is 0 Å². The Kier molecular flexibility index (Phi) is 4.78. The molecule has 4 nitrogen and oxygen atoms in total. The number of nitrogens with two attached hydrogens (primary N) is 1. The molecule has 1 atom stereocenters. The Bertz CT molecular complexity index is 251. The van der Waals surface area contributed by atoms with Crippen molar-refractivity contribution >= 4 is 5.91 Å². The number of ether oxygens (including phenoxy) is 1. The average Bonchev–Trinajstić information content (AvgIpc) is 2.28. The maximum atomic E-state index is 11.8. The molecule has 1 heterocycles. The van der Waals surface area contributed by atoms with Crippen LogP contribution in [0.15, 0.2) is 11.6 Å². The predicted molar refractivity (Wildman–Crippen MR) is 59.4 cm³/mol. The molecule has 0 radical (unpaired) electrons. The first kappa shape index (κ1) is 12.2. The predicted octanol–water partition coefficient (Wildman–Crippen LogP) is 0.386. The fourth-order valence-electron chi connectivity index (χ4n) is 1.64. The summed E-state index contributed by atoms with van der Waals surface area (Å²) in [6.07, 6.45) is 2.99. The SMILES string of the molecule is COCC1=CCN(C(=O)C(C)CN)CC1. The fraction of sp³-hybridized carbons (Fsp3) is 0.727. The van der Waals surface area contributed by atoms with E-state index >= 15 is 0 Å². The zero-order valence-electron chi connectivity index (χ0n) is 9.53. The summed E-state index contributed by atoms with van der Waals surface area (Å²) >= 11 is 0. The molecule has 0 aromatic rings. The maximum Gasteiger partial charge on any atom is 0.226 e. The van der Waals surface area contributed by atoms with Crippen LogP contribution in [-0.2, 0) is 9.53 Å². The van der Waals surface area contributed by atoms with E-state index in [1.807, 2.05) is 11.8 Å². The van der Waals surface area contributed by atoms with E-state index in [9.17, 15) is 4.79 Å². The molecule has 0 aromatic heterocycles. The van der Waals surface area contributed by atoms with Crippen molar-refractivity contribution in [2.45, 2.75) is 13.3 Å². The van der Waals surface area contributed by atoms with E-state index < -0.39 is 0 Å². The van der Waals surface area contributed by atoms with E-state index in [4.69, 9.17) is 10.5 Å². The summed E-state index contributed by atoms with van der Waals surface area (Å²) in [4.78, 5) is 13.6. The van der Waals surface area contributed by atoms with Crippen molar-refractivity contribution in [1.29, 1.82) is 0 Å². The van der Waals surface area contributed by atoms with Gasteiger partial charge in [-0.1, -0.05) is 13.0 Å². The van der Waals surface area contributed by atoms with Gasteiger partial charge in [0.25, 0.3) is 0 Å². The van der Waals surface area contributed by atoms with Crippen molar-refractivity contribution in [3.8, 4) is 0 Å². The van der Waals surface area contributed by atoms with Crippen LogP contribution in [0, 0.1) is 5.92 Å². The molecule has 0 aliphatic carbocycles. The summed E-state index contributed by atoms with van der Waals surface area (Å²) in [5.41, 5.74) is 6.75. The number of carbonyl (C=O) groups excluding carboxylic acids is 1. The van der Waals surface area contributed by atoms with Gasteiger partial charge in [-0.3, -0.25) is 4.79 Å². The fourth-order valence-corrected chi connectivity index (χ4v) is 1.64. The molecule has 1 aliphatic rings. The molecule has 0 aromatic carbocycles. The Balaban J connectivity index is 2.46. The van der Waals surface area contributed by atoms with Crippen LogP contribution in [0.2, 0.25) is 0 Å². The van der Waals surface area contributed by atoms with Crippen LogP contribution in [0.3, 0.4) is 0 Å². The summed E-state index contributed by atoms with van der Waals surface area (Å²) in [6, 6.07) is 0. The first-order valence-electron chi connectivity index (χ1n) is 5.34. The average molecular weight is 212 g/mol.